The van der Waals surface area contributed by atoms with Crippen LogP contribution in [-0.2, 0) is 11.2 Å². The van der Waals surface area contributed by atoms with Gasteiger partial charge in [-0.05, 0) is 30.7 Å². The van der Waals surface area contributed by atoms with Crippen LogP contribution < -0.4 is 4.74 Å². The Morgan fingerprint density at radius 2 is 1.92 bits per heavy atom. The molecule has 1 N–H and O–H groups in total. The molecule has 0 bridgehead atoms. The number of carbonyl (C=O) groups excluding carboxylic acids is 2. The molecule has 1 aliphatic rings. The number of hydrogen-bond donors (Lipinski definition) is 1. The van der Waals surface area contributed by atoms with Gasteiger partial charge in [-0.15, -0.1) is 0 Å². The second-order valence-electron chi connectivity index (χ2n) is 9.87. The standard InChI is InChI=1S/C31H32FN3O4/c1-21-18-35(22(2)20-36)31(38)26-15-24(13-14-25-11-7-8-12-27(25)32)17-33-30(26)39-28(21)19-34(3)29(37)16-23-9-5-4-6-10-23/h4-12,15,17,21-22,28,36H,16,18-20H2,1-3H3/t21-,22+,28-/m1/s1. The van der Waals surface area contributed by atoms with Crippen LogP contribution in [0.2, 0.25) is 0 Å². The van der Waals surface area contributed by atoms with Gasteiger partial charge in [0.2, 0.25) is 11.8 Å². The molecule has 3 aromatic rings. The number of rotatable bonds is 6. The summed E-state index contributed by atoms with van der Waals surface area (Å²) in [6.45, 7) is 4.11. The van der Waals surface area contributed by atoms with Crippen molar-refractivity contribution in [3.05, 3.63) is 94.9 Å². The maximum Gasteiger partial charge on any atom is 0.259 e. The van der Waals surface area contributed by atoms with Crippen molar-refractivity contribution in [2.75, 3.05) is 26.7 Å². The Labute approximate surface area is 228 Å². The van der Waals surface area contributed by atoms with E-state index >= 15 is 0 Å². The van der Waals surface area contributed by atoms with E-state index in [9.17, 15) is 19.1 Å². The van der Waals surface area contributed by atoms with Crippen LogP contribution in [0, 0.1) is 23.6 Å². The van der Waals surface area contributed by atoms with E-state index in [1.807, 2.05) is 37.3 Å². The second kappa shape index (κ2) is 12.5. The quantitative estimate of drug-likeness (QED) is 0.494. The van der Waals surface area contributed by atoms with Crippen molar-refractivity contribution >= 4 is 11.8 Å². The Morgan fingerprint density at radius 3 is 2.64 bits per heavy atom. The number of hydrogen-bond acceptors (Lipinski definition) is 5. The predicted molar refractivity (Wildman–Crippen MR) is 146 cm³/mol. The third kappa shape index (κ3) is 6.81. The Morgan fingerprint density at radius 1 is 1.21 bits per heavy atom. The lowest BCUT2D eigenvalue weighted by Gasteiger charge is -2.37. The van der Waals surface area contributed by atoms with E-state index in [-0.39, 0.29) is 47.8 Å². The lowest BCUT2D eigenvalue weighted by Crippen LogP contribution is -2.50. The summed E-state index contributed by atoms with van der Waals surface area (Å²) >= 11 is 0. The Balaban J connectivity index is 1.62. The number of aromatic nitrogens is 1. The fourth-order valence-electron chi connectivity index (χ4n) is 4.37. The Hall–Kier alpha value is -4.22. The summed E-state index contributed by atoms with van der Waals surface area (Å²) in [6.07, 6.45) is 1.29. The van der Waals surface area contributed by atoms with Crippen molar-refractivity contribution in [2.45, 2.75) is 32.4 Å². The van der Waals surface area contributed by atoms with E-state index in [2.05, 4.69) is 16.8 Å². The highest BCUT2D eigenvalue weighted by atomic mass is 19.1. The summed E-state index contributed by atoms with van der Waals surface area (Å²) in [6, 6.07) is 16.8. The number of nitrogens with zero attached hydrogens (tertiary/aromatic N) is 3. The van der Waals surface area contributed by atoms with Crippen LogP contribution in [0.15, 0.2) is 66.9 Å². The van der Waals surface area contributed by atoms with Crippen LogP contribution in [0.5, 0.6) is 5.88 Å². The van der Waals surface area contributed by atoms with E-state index < -0.39 is 18.0 Å². The molecular weight excluding hydrogens is 497 g/mol. The summed E-state index contributed by atoms with van der Waals surface area (Å²) in [5, 5.41) is 9.86. The van der Waals surface area contributed by atoms with Gasteiger partial charge >= 0.3 is 0 Å². The number of pyridine rings is 1. The third-order valence-electron chi connectivity index (χ3n) is 6.81. The average Bonchev–Trinajstić information content (AvgIpc) is 2.94. The number of likely N-dealkylation sites (N-methyl/N-ethyl adjacent to an activating group) is 1. The molecule has 0 unspecified atom stereocenters. The van der Waals surface area contributed by atoms with E-state index in [0.29, 0.717) is 18.7 Å². The summed E-state index contributed by atoms with van der Waals surface area (Å²) in [5.41, 5.74) is 1.78. The van der Waals surface area contributed by atoms with Gasteiger partial charge in [-0.2, -0.15) is 0 Å². The molecule has 8 heteroatoms. The van der Waals surface area contributed by atoms with E-state index in [4.69, 9.17) is 4.74 Å². The molecule has 0 saturated carbocycles. The fourth-order valence-corrected chi connectivity index (χ4v) is 4.37. The van der Waals surface area contributed by atoms with Crippen molar-refractivity contribution in [3.63, 3.8) is 0 Å². The molecule has 2 amide bonds. The van der Waals surface area contributed by atoms with Crippen LogP contribution >= 0.6 is 0 Å². The molecule has 39 heavy (non-hydrogen) atoms. The van der Waals surface area contributed by atoms with E-state index in [1.165, 1.54) is 12.3 Å². The van der Waals surface area contributed by atoms with Gasteiger partial charge in [0.25, 0.3) is 5.91 Å². The topological polar surface area (TPSA) is 83.0 Å². The molecule has 0 radical (unpaired) electrons. The number of aliphatic hydroxyl groups is 1. The monoisotopic (exact) mass is 529 g/mol. The van der Waals surface area contributed by atoms with Gasteiger partial charge in [0.05, 0.1) is 31.2 Å². The SMILES string of the molecule is C[C@@H]1CN([C@@H](C)CO)C(=O)c2cc(C#Cc3ccccc3F)cnc2O[C@@H]1CN(C)C(=O)Cc1ccccc1. The summed E-state index contributed by atoms with van der Waals surface area (Å²) in [5.74, 6) is 4.80. The lowest BCUT2D eigenvalue weighted by molar-refractivity contribution is -0.130. The first-order chi connectivity index (χ1) is 18.8. The molecule has 1 aromatic heterocycles. The molecule has 0 aliphatic carbocycles. The van der Waals surface area contributed by atoms with Crippen LogP contribution in [0.3, 0.4) is 0 Å². The number of carbonyl (C=O) groups is 2. The smallest absolute Gasteiger partial charge is 0.259 e. The summed E-state index contributed by atoms with van der Waals surface area (Å²) in [7, 11) is 1.73. The van der Waals surface area contributed by atoms with Gasteiger partial charge in [0.15, 0.2) is 0 Å². The minimum atomic E-state index is -0.460. The molecule has 3 atom stereocenters. The zero-order valence-electron chi connectivity index (χ0n) is 22.3. The molecule has 0 saturated heterocycles. The number of ether oxygens (including phenoxy) is 1. The van der Waals surface area contributed by atoms with Gasteiger partial charge in [-0.1, -0.05) is 61.2 Å². The first-order valence-corrected chi connectivity index (χ1v) is 12.9. The first kappa shape index (κ1) is 27.8. The van der Waals surface area contributed by atoms with Gasteiger partial charge < -0.3 is 19.6 Å². The Kier molecular flexibility index (Phi) is 8.95. The summed E-state index contributed by atoms with van der Waals surface area (Å²) in [4.78, 5) is 34.1. The van der Waals surface area contributed by atoms with Crippen LogP contribution in [-0.4, -0.2) is 70.6 Å². The highest BCUT2D eigenvalue weighted by Gasteiger charge is 2.34. The molecule has 7 nitrogen and oxygen atoms in total. The third-order valence-corrected chi connectivity index (χ3v) is 6.81. The van der Waals surface area contributed by atoms with Crippen molar-refractivity contribution < 1.29 is 23.8 Å². The highest BCUT2D eigenvalue weighted by molar-refractivity contribution is 5.97. The number of fused-ring (bicyclic) bond motifs is 1. The van der Waals surface area contributed by atoms with E-state index in [1.54, 1.807) is 48.0 Å². The second-order valence-corrected chi connectivity index (χ2v) is 9.87. The van der Waals surface area contributed by atoms with Gasteiger partial charge in [0.1, 0.15) is 17.5 Å². The van der Waals surface area contributed by atoms with E-state index in [0.717, 1.165) is 5.56 Å². The van der Waals surface area contributed by atoms with Crippen molar-refractivity contribution in [1.82, 2.24) is 14.8 Å². The number of amides is 2. The maximum absolute atomic E-state index is 14.0. The molecule has 0 spiro atoms. The molecule has 1 aliphatic heterocycles. The Bertz CT molecular complexity index is 1390. The molecule has 2 heterocycles. The average molecular weight is 530 g/mol. The molecule has 2 aromatic carbocycles. The number of benzene rings is 2. The minimum absolute atomic E-state index is 0.0531. The highest BCUT2D eigenvalue weighted by Crippen LogP contribution is 2.27. The van der Waals surface area contributed by atoms with Gasteiger partial charge in [0, 0.05) is 31.3 Å². The molecule has 0 fully saturated rings. The van der Waals surface area contributed by atoms with Crippen LogP contribution in [0.25, 0.3) is 0 Å². The zero-order valence-corrected chi connectivity index (χ0v) is 22.3. The van der Waals surface area contributed by atoms with Crippen molar-refractivity contribution in [3.8, 4) is 17.7 Å². The number of halogens is 1. The summed E-state index contributed by atoms with van der Waals surface area (Å²) < 4.78 is 20.3. The lowest BCUT2D eigenvalue weighted by atomic mass is 9.99. The van der Waals surface area contributed by atoms with Crippen LogP contribution in [0.1, 0.15) is 40.9 Å². The van der Waals surface area contributed by atoms with Gasteiger partial charge in [-0.3, -0.25) is 9.59 Å². The van der Waals surface area contributed by atoms with Gasteiger partial charge in [-0.25, -0.2) is 9.37 Å². The number of aliphatic hydroxyl groups excluding tert-OH is 1. The molecular formula is C31H32FN3O4. The molecule has 202 valence electrons. The zero-order chi connectivity index (χ0) is 27.9. The minimum Gasteiger partial charge on any atom is -0.472 e. The molecule has 4 rings (SSSR count). The van der Waals surface area contributed by atoms with Crippen molar-refractivity contribution in [2.24, 2.45) is 5.92 Å². The van der Waals surface area contributed by atoms with Crippen molar-refractivity contribution in [1.29, 1.82) is 0 Å². The largest absolute Gasteiger partial charge is 0.472 e. The fraction of sp³-hybridized carbons (Fsp3) is 0.323. The normalized spacial score (nSPS) is 17.6. The first-order valence-electron chi connectivity index (χ1n) is 12.9. The predicted octanol–water partition coefficient (Wildman–Crippen LogP) is 3.54. The maximum atomic E-state index is 14.0. The van der Waals surface area contributed by atoms with Crippen LogP contribution in [0.4, 0.5) is 4.39 Å².